The zero-order valence-corrected chi connectivity index (χ0v) is 15.3. The first-order valence-corrected chi connectivity index (χ1v) is 6.07. The monoisotopic (exact) mass is 397 g/mol. The van der Waals surface area contributed by atoms with Crippen LogP contribution in [0.25, 0.3) is 0 Å². The number of aliphatic hydroxyl groups is 3. The molecule has 0 rings (SSSR count). The Balaban J connectivity index is -0.0000000400. The molecule has 0 aromatic rings. The molecule has 0 aliphatic carbocycles. The molecule has 0 aromatic carbocycles. The van der Waals surface area contributed by atoms with Gasteiger partial charge in [-0.2, -0.15) is 0 Å². The van der Waals surface area contributed by atoms with E-state index in [2.05, 4.69) is 20.8 Å². The molecule has 0 spiro atoms. The van der Waals surface area contributed by atoms with Crippen molar-refractivity contribution in [2.24, 2.45) is 0 Å². The molecule has 0 aliphatic rings. The summed E-state index contributed by atoms with van der Waals surface area (Å²) in [6, 6.07) is 0. The second-order valence-electron chi connectivity index (χ2n) is 3.23. The van der Waals surface area contributed by atoms with Crippen molar-refractivity contribution in [2.75, 3.05) is 19.8 Å². The van der Waals surface area contributed by atoms with Gasteiger partial charge in [0.2, 0.25) is 0 Å². The summed E-state index contributed by atoms with van der Waals surface area (Å²) in [6.07, 6.45) is 6.11. The molecule has 3 nitrogen and oxygen atoms in total. The summed E-state index contributed by atoms with van der Waals surface area (Å²) in [5.41, 5.74) is 0. The molecule has 0 heterocycles. The predicted molar refractivity (Wildman–Crippen MR) is 66.0 cm³/mol. The number of hydrogen-bond acceptors (Lipinski definition) is 3. The minimum Gasteiger partial charge on any atom is -1.00 e. The van der Waals surface area contributed by atoms with E-state index in [0.29, 0.717) is 19.8 Å². The van der Waals surface area contributed by atoms with Crippen LogP contribution in [0.3, 0.4) is 0 Å². The fourth-order valence-corrected chi connectivity index (χ4v) is 0.474. The molecule has 0 unspecified atom stereocenters. The average Bonchev–Trinajstić information content (AvgIpc) is 2.23. The molecule has 0 saturated carbocycles. The Morgan fingerprint density at radius 3 is 0.765 bits per heavy atom. The third kappa shape index (κ3) is 75.8. The number of halogens is 1. The first-order valence-electron chi connectivity index (χ1n) is 6.07. The second-order valence-corrected chi connectivity index (χ2v) is 3.23. The van der Waals surface area contributed by atoms with Crippen molar-refractivity contribution >= 4 is 0 Å². The van der Waals surface area contributed by atoms with Crippen LogP contribution in [0.1, 0.15) is 59.3 Å². The van der Waals surface area contributed by atoms with Crippen molar-refractivity contribution < 1.29 is 61.0 Å². The van der Waals surface area contributed by atoms with Gasteiger partial charge in [-0.25, -0.2) is 0 Å². The Morgan fingerprint density at radius 2 is 0.765 bits per heavy atom. The van der Waals surface area contributed by atoms with E-state index < -0.39 is 0 Å². The maximum absolute atomic E-state index is 8.07. The summed E-state index contributed by atoms with van der Waals surface area (Å²) in [4.78, 5) is 0. The molecule has 5 heteroatoms. The quantitative estimate of drug-likeness (QED) is 0.412. The molecule has 108 valence electrons. The van der Waals surface area contributed by atoms with Crippen molar-refractivity contribution in [1.82, 2.24) is 0 Å². The fraction of sp³-hybridized carbons (Fsp3) is 1.00. The van der Waals surface area contributed by atoms with E-state index in [9.17, 15) is 0 Å². The van der Waals surface area contributed by atoms with Crippen LogP contribution in [0.4, 0.5) is 0 Å². The Bertz CT molecular complexity index is 58.5. The van der Waals surface area contributed by atoms with E-state index in [1.54, 1.807) is 0 Å². The predicted octanol–water partition coefficient (Wildman–Crippen LogP) is -0.662. The largest absolute Gasteiger partial charge is 1.00 e. The molecule has 0 saturated heterocycles. The molecular formula is C12H30IO3Ti-. The van der Waals surface area contributed by atoms with Crippen LogP contribution in [-0.4, -0.2) is 35.1 Å². The van der Waals surface area contributed by atoms with E-state index >= 15 is 0 Å². The van der Waals surface area contributed by atoms with Crippen LogP contribution < -0.4 is 24.0 Å². The standard InChI is InChI=1S/3C4H10O.HI.Ti/c3*1-2-3-4-5;;/h3*5H,2-4H2,1H3;1H;/p-1. The zero-order valence-electron chi connectivity index (χ0n) is 11.6. The van der Waals surface area contributed by atoms with Gasteiger partial charge in [0.15, 0.2) is 0 Å². The molecule has 0 atom stereocenters. The van der Waals surface area contributed by atoms with Crippen molar-refractivity contribution in [3.05, 3.63) is 0 Å². The SMILES string of the molecule is CCCCO.CCCCO.CCCCO.[I-].[Ti]. The molecule has 0 fully saturated rings. The van der Waals surface area contributed by atoms with E-state index in [1.807, 2.05) is 0 Å². The van der Waals surface area contributed by atoms with Crippen LogP contribution in [0.5, 0.6) is 0 Å². The molecule has 0 radical (unpaired) electrons. The van der Waals surface area contributed by atoms with Gasteiger partial charge in [-0.15, -0.1) is 0 Å². The van der Waals surface area contributed by atoms with Gasteiger partial charge in [-0.3, -0.25) is 0 Å². The number of rotatable bonds is 6. The minimum absolute atomic E-state index is 0. The molecule has 0 bridgehead atoms. The van der Waals surface area contributed by atoms with Crippen LogP contribution in [0.15, 0.2) is 0 Å². The van der Waals surface area contributed by atoms with E-state index in [4.69, 9.17) is 15.3 Å². The second kappa shape index (κ2) is 43.3. The van der Waals surface area contributed by atoms with Gasteiger partial charge in [0, 0.05) is 41.5 Å². The Hall–Kier alpha value is 1.32. The van der Waals surface area contributed by atoms with E-state index in [0.717, 1.165) is 38.5 Å². The smallest absolute Gasteiger partial charge is 0.0430 e. The summed E-state index contributed by atoms with van der Waals surface area (Å²) >= 11 is 0. The number of aliphatic hydroxyl groups excluding tert-OH is 3. The Kier molecular flexibility index (Phi) is 78.9. The van der Waals surface area contributed by atoms with Crippen LogP contribution in [0, 0.1) is 0 Å². The summed E-state index contributed by atoms with van der Waals surface area (Å²) in [6.45, 7) is 7.19. The fourth-order valence-electron chi connectivity index (χ4n) is 0.474. The number of hydrogen-bond donors (Lipinski definition) is 3. The molecule has 17 heavy (non-hydrogen) atoms. The summed E-state index contributed by atoms with van der Waals surface area (Å²) < 4.78 is 0. The van der Waals surface area contributed by atoms with Crippen molar-refractivity contribution in [3.8, 4) is 0 Å². The van der Waals surface area contributed by atoms with Gasteiger partial charge in [-0.05, 0) is 19.3 Å². The molecule has 0 amide bonds. The van der Waals surface area contributed by atoms with Crippen molar-refractivity contribution in [2.45, 2.75) is 59.3 Å². The molecular weight excluding hydrogens is 367 g/mol. The van der Waals surface area contributed by atoms with Gasteiger partial charge in [0.25, 0.3) is 0 Å². The van der Waals surface area contributed by atoms with Gasteiger partial charge in [-0.1, -0.05) is 40.0 Å². The Labute approximate surface area is 139 Å². The summed E-state index contributed by atoms with van der Waals surface area (Å²) in [7, 11) is 0. The minimum atomic E-state index is 0. The van der Waals surface area contributed by atoms with Gasteiger partial charge >= 0.3 is 0 Å². The maximum Gasteiger partial charge on any atom is 0.0430 e. The third-order valence-corrected chi connectivity index (χ3v) is 1.54. The maximum atomic E-state index is 8.07. The van der Waals surface area contributed by atoms with Crippen LogP contribution in [-0.2, 0) is 21.7 Å². The van der Waals surface area contributed by atoms with E-state index in [1.165, 1.54) is 0 Å². The van der Waals surface area contributed by atoms with Gasteiger partial charge in [0.1, 0.15) is 0 Å². The van der Waals surface area contributed by atoms with Crippen LogP contribution >= 0.6 is 0 Å². The Morgan fingerprint density at radius 1 is 0.588 bits per heavy atom. The zero-order chi connectivity index (χ0) is 12.4. The van der Waals surface area contributed by atoms with Crippen molar-refractivity contribution in [1.29, 1.82) is 0 Å². The van der Waals surface area contributed by atoms with Crippen molar-refractivity contribution in [3.63, 3.8) is 0 Å². The molecule has 0 aliphatic heterocycles. The number of unbranched alkanes of at least 4 members (excludes halogenated alkanes) is 3. The van der Waals surface area contributed by atoms with Gasteiger partial charge in [0.05, 0.1) is 0 Å². The topological polar surface area (TPSA) is 60.7 Å². The van der Waals surface area contributed by atoms with Gasteiger partial charge < -0.3 is 39.3 Å². The summed E-state index contributed by atoms with van der Waals surface area (Å²) in [5, 5.41) is 24.2. The molecule has 3 N–H and O–H groups in total. The average molecular weight is 397 g/mol. The first kappa shape index (κ1) is 31.0. The van der Waals surface area contributed by atoms with Crippen LogP contribution in [0.2, 0.25) is 0 Å². The van der Waals surface area contributed by atoms with E-state index in [-0.39, 0.29) is 45.7 Å². The normalized spacial score (nSPS) is 7.41. The summed E-state index contributed by atoms with van der Waals surface area (Å²) in [5.74, 6) is 0. The molecule has 0 aromatic heterocycles. The first-order chi connectivity index (χ1) is 7.24. The third-order valence-electron chi connectivity index (χ3n) is 1.54.